The predicted octanol–water partition coefficient (Wildman–Crippen LogP) is 2.52. The van der Waals surface area contributed by atoms with Crippen LogP contribution in [-0.2, 0) is 19.0 Å². The summed E-state index contributed by atoms with van der Waals surface area (Å²) in [6, 6.07) is 0. The van der Waals surface area contributed by atoms with Crippen molar-refractivity contribution in [2.75, 3.05) is 19.8 Å². The molecule has 0 aromatic carbocycles. The summed E-state index contributed by atoms with van der Waals surface area (Å²) in [6.07, 6.45) is 13.2. The molecule has 0 aromatic heterocycles. The van der Waals surface area contributed by atoms with Crippen molar-refractivity contribution in [2.45, 2.75) is 121 Å². The molecule has 0 aromatic rings. The van der Waals surface area contributed by atoms with Crippen LogP contribution >= 0.6 is 0 Å². The first-order valence-corrected chi connectivity index (χ1v) is 13.5. The van der Waals surface area contributed by atoms with Gasteiger partial charge in [0.25, 0.3) is 0 Å². The highest BCUT2D eigenvalue weighted by Gasteiger charge is 2.44. The van der Waals surface area contributed by atoms with Crippen LogP contribution in [0.4, 0.5) is 0 Å². The lowest BCUT2D eigenvalue weighted by Crippen LogP contribution is -2.59. The lowest BCUT2D eigenvalue weighted by atomic mass is 9.99. The van der Waals surface area contributed by atoms with Gasteiger partial charge in [0.1, 0.15) is 30.5 Å². The fraction of sp³-hybridized carbons (Fsp3) is 0.815. The van der Waals surface area contributed by atoms with Crippen LogP contribution in [0.5, 0.6) is 0 Å². The summed E-state index contributed by atoms with van der Waals surface area (Å²) in [5.74, 6) is -0.447. The fourth-order valence-electron chi connectivity index (χ4n) is 3.86. The Kier molecular flexibility index (Phi) is 18.8. The van der Waals surface area contributed by atoms with Crippen LogP contribution in [0.3, 0.4) is 0 Å². The topological polar surface area (TPSA) is 146 Å². The minimum Gasteiger partial charge on any atom is -0.457 e. The largest absolute Gasteiger partial charge is 0.457 e. The smallest absolute Gasteiger partial charge is 0.306 e. The highest BCUT2D eigenvalue weighted by atomic mass is 16.7. The molecule has 9 heteroatoms. The molecule has 6 atom stereocenters. The van der Waals surface area contributed by atoms with Gasteiger partial charge in [-0.3, -0.25) is 4.79 Å². The fourth-order valence-corrected chi connectivity index (χ4v) is 3.86. The molecule has 1 saturated heterocycles. The highest BCUT2D eigenvalue weighted by molar-refractivity contribution is 5.69. The maximum atomic E-state index is 12.1. The molecule has 0 aliphatic carbocycles. The average Bonchev–Trinajstić information content (AvgIpc) is 2.88. The summed E-state index contributed by atoms with van der Waals surface area (Å²) in [4.78, 5) is 12.1. The van der Waals surface area contributed by atoms with Crippen LogP contribution in [0.15, 0.2) is 24.3 Å². The van der Waals surface area contributed by atoms with Crippen LogP contribution in [0, 0.1) is 0 Å². The van der Waals surface area contributed by atoms with Crippen molar-refractivity contribution in [1.29, 1.82) is 0 Å². The van der Waals surface area contributed by atoms with E-state index in [1.807, 2.05) is 0 Å². The van der Waals surface area contributed by atoms with Crippen molar-refractivity contribution >= 4 is 5.97 Å². The van der Waals surface area contributed by atoms with Crippen LogP contribution in [0.2, 0.25) is 0 Å². The van der Waals surface area contributed by atoms with Gasteiger partial charge in [0.05, 0.1) is 19.8 Å². The Morgan fingerprint density at radius 3 is 2.14 bits per heavy atom. The minimum atomic E-state index is -1.56. The highest BCUT2D eigenvalue weighted by Crippen LogP contribution is 2.22. The molecule has 1 aliphatic heterocycles. The number of ether oxygens (including phenoxy) is 3. The summed E-state index contributed by atoms with van der Waals surface area (Å²) in [6.45, 7) is 0.890. The van der Waals surface area contributed by atoms with E-state index in [9.17, 15) is 30.3 Å². The minimum absolute atomic E-state index is 0.237. The first-order chi connectivity index (χ1) is 17.4. The molecule has 210 valence electrons. The second-order valence-corrected chi connectivity index (χ2v) is 9.31. The Balaban J connectivity index is 2.10. The molecule has 0 saturated carbocycles. The van der Waals surface area contributed by atoms with E-state index in [2.05, 4.69) is 31.2 Å². The maximum absolute atomic E-state index is 12.1. The number of rotatable bonds is 20. The molecule has 0 radical (unpaired) electrons. The van der Waals surface area contributed by atoms with E-state index in [4.69, 9.17) is 14.2 Å². The first-order valence-electron chi connectivity index (χ1n) is 13.5. The zero-order valence-electron chi connectivity index (χ0n) is 21.7. The first kappa shape index (κ1) is 32.7. The predicted molar refractivity (Wildman–Crippen MR) is 136 cm³/mol. The second-order valence-electron chi connectivity index (χ2n) is 9.31. The van der Waals surface area contributed by atoms with Crippen molar-refractivity contribution in [2.24, 2.45) is 0 Å². The number of aliphatic hydroxyl groups excluding tert-OH is 5. The van der Waals surface area contributed by atoms with Gasteiger partial charge in [-0.15, -0.1) is 0 Å². The third-order valence-corrected chi connectivity index (χ3v) is 6.13. The van der Waals surface area contributed by atoms with E-state index < -0.39 is 56.0 Å². The molecule has 9 nitrogen and oxygen atoms in total. The molecular formula is C27H48O9. The Bertz CT molecular complexity index is 608. The van der Waals surface area contributed by atoms with Crippen molar-refractivity contribution in [1.82, 2.24) is 0 Å². The number of hydrogen-bond donors (Lipinski definition) is 5. The van der Waals surface area contributed by atoms with Gasteiger partial charge in [-0.25, -0.2) is 0 Å². The van der Waals surface area contributed by atoms with E-state index in [1.54, 1.807) is 0 Å². The number of allylic oxidation sites excluding steroid dienone is 4. The lowest BCUT2D eigenvalue weighted by molar-refractivity contribution is -0.305. The quantitative estimate of drug-likeness (QED) is 0.0936. The lowest BCUT2D eigenvalue weighted by Gasteiger charge is -2.39. The SMILES string of the molecule is CCCCC/C=C\C/C=C\CCCCCCCC(=O)O[C@H](CO)CO[C@@H]1O[C@H](CO)[C@H](O)[C@H](O)[C@H]1O. The van der Waals surface area contributed by atoms with Crippen molar-refractivity contribution < 1.29 is 44.5 Å². The molecule has 0 bridgehead atoms. The van der Waals surface area contributed by atoms with Gasteiger partial charge in [-0.05, 0) is 38.5 Å². The van der Waals surface area contributed by atoms with Crippen molar-refractivity contribution in [3.05, 3.63) is 24.3 Å². The Labute approximate surface area is 215 Å². The van der Waals surface area contributed by atoms with Crippen molar-refractivity contribution in [3.63, 3.8) is 0 Å². The number of hydrogen-bond acceptors (Lipinski definition) is 9. The van der Waals surface area contributed by atoms with E-state index in [0.717, 1.165) is 38.5 Å². The van der Waals surface area contributed by atoms with Crippen molar-refractivity contribution in [3.8, 4) is 0 Å². The molecule has 1 heterocycles. The summed E-state index contributed by atoms with van der Waals surface area (Å²) < 4.78 is 15.8. The van der Waals surface area contributed by atoms with E-state index >= 15 is 0 Å². The summed E-state index contributed by atoms with van der Waals surface area (Å²) in [5, 5.41) is 48.2. The summed E-state index contributed by atoms with van der Waals surface area (Å²) in [5.41, 5.74) is 0. The molecular weight excluding hydrogens is 468 g/mol. The molecule has 1 fully saturated rings. The molecule has 1 rings (SSSR count). The number of unbranched alkanes of at least 4 members (excludes halogenated alkanes) is 8. The van der Waals surface area contributed by atoms with Crippen LogP contribution in [-0.4, -0.2) is 88.1 Å². The summed E-state index contributed by atoms with van der Waals surface area (Å²) >= 11 is 0. The maximum Gasteiger partial charge on any atom is 0.306 e. The van der Waals surface area contributed by atoms with Gasteiger partial charge < -0.3 is 39.7 Å². The Morgan fingerprint density at radius 1 is 0.861 bits per heavy atom. The number of aliphatic hydroxyl groups is 5. The third-order valence-electron chi connectivity index (χ3n) is 6.13. The zero-order chi connectivity index (χ0) is 26.6. The Hall–Kier alpha value is -1.33. The zero-order valence-corrected chi connectivity index (χ0v) is 21.7. The molecule has 36 heavy (non-hydrogen) atoms. The molecule has 0 amide bonds. The van der Waals surface area contributed by atoms with Crippen LogP contribution < -0.4 is 0 Å². The average molecular weight is 517 g/mol. The molecule has 0 unspecified atom stereocenters. The van der Waals surface area contributed by atoms with Gasteiger partial charge in [0, 0.05) is 6.42 Å². The number of esters is 1. The third kappa shape index (κ3) is 13.8. The van der Waals surface area contributed by atoms with Crippen LogP contribution in [0.1, 0.15) is 84.0 Å². The van der Waals surface area contributed by atoms with Gasteiger partial charge in [-0.1, -0.05) is 63.3 Å². The van der Waals surface area contributed by atoms with E-state index in [1.165, 1.54) is 25.7 Å². The molecule has 1 aliphatic rings. The number of carbonyl (C=O) groups excluding carboxylic acids is 1. The van der Waals surface area contributed by atoms with Gasteiger partial charge in [0.2, 0.25) is 0 Å². The second kappa shape index (κ2) is 20.7. The number of carbonyl (C=O) groups is 1. The van der Waals surface area contributed by atoms with Gasteiger partial charge >= 0.3 is 5.97 Å². The van der Waals surface area contributed by atoms with Crippen LogP contribution in [0.25, 0.3) is 0 Å². The molecule has 0 spiro atoms. The molecule has 5 N–H and O–H groups in total. The van der Waals surface area contributed by atoms with Gasteiger partial charge in [0.15, 0.2) is 6.29 Å². The van der Waals surface area contributed by atoms with E-state index in [0.29, 0.717) is 6.42 Å². The monoisotopic (exact) mass is 516 g/mol. The van der Waals surface area contributed by atoms with E-state index in [-0.39, 0.29) is 13.0 Å². The van der Waals surface area contributed by atoms with Gasteiger partial charge in [-0.2, -0.15) is 0 Å². The standard InChI is InChI=1S/C27H48O9/c1-2-3-4-5-6-7-8-9-10-11-12-13-14-15-16-17-23(30)35-21(18-28)20-34-27-26(33)25(32)24(31)22(19-29)36-27/h6-7,9-10,21-22,24-29,31-33H,2-5,8,11-20H2,1H3/b7-6-,10-9-/t21-,22-,24+,25+,26-,27-/m1/s1. The summed E-state index contributed by atoms with van der Waals surface area (Å²) in [7, 11) is 0. The normalized spacial score (nSPS) is 25.6. The Morgan fingerprint density at radius 2 is 1.50 bits per heavy atom.